The number of hydrogen-bond acceptors (Lipinski definition) is 5. The molecule has 2 aromatic rings. The quantitative estimate of drug-likeness (QED) is 0.818. The van der Waals surface area contributed by atoms with Crippen LogP contribution in [-0.4, -0.2) is 39.1 Å². The van der Waals surface area contributed by atoms with Gasteiger partial charge in [0.2, 0.25) is 0 Å². The van der Waals surface area contributed by atoms with E-state index in [1.165, 1.54) is 18.0 Å². The highest BCUT2D eigenvalue weighted by Gasteiger charge is 2.09. The standard InChI is InChI=1S/C12H11N3O4/c1-19-12(18)9-4-2-8(3-5-9)6-15-7-10(11(16)17)13-14-15/h2-5,7H,6H2,1H3,(H,16,17). The van der Waals surface area contributed by atoms with E-state index in [0.29, 0.717) is 12.1 Å². The molecule has 7 nitrogen and oxygen atoms in total. The lowest BCUT2D eigenvalue weighted by Gasteiger charge is -2.02. The normalized spacial score (nSPS) is 10.2. The van der Waals surface area contributed by atoms with E-state index in [4.69, 9.17) is 5.11 Å². The Labute approximate surface area is 108 Å². The Hall–Kier alpha value is -2.70. The number of benzene rings is 1. The molecule has 1 aromatic heterocycles. The zero-order valence-corrected chi connectivity index (χ0v) is 10.1. The molecule has 0 unspecified atom stereocenters. The second-order valence-electron chi connectivity index (χ2n) is 3.80. The molecule has 2 rings (SSSR count). The molecular weight excluding hydrogens is 250 g/mol. The lowest BCUT2D eigenvalue weighted by molar-refractivity contribution is 0.0599. The lowest BCUT2D eigenvalue weighted by atomic mass is 10.1. The summed E-state index contributed by atoms with van der Waals surface area (Å²) in [5, 5.41) is 15.9. The van der Waals surface area contributed by atoms with Gasteiger partial charge in [-0.3, -0.25) is 0 Å². The number of hydrogen-bond donors (Lipinski definition) is 1. The highest BCUT2D eigenvalue weighted by Crippen LogP contribution is 2.07. The summed E-state index contributed by atoms with van der Waals surface area (Å²) < 4.78 is 6.01. The van der Waals surface area contributed by atoms with Crippen LogP contribution in [-0.2, 0) is 11.3 Å². The van der Waals surface area contributed by atoms with Crippen molar-refractivity contribution in [2.24, 2.45) is 0 Å². The summed E-state index contributed by atoms with van der Waals surface area (Å²) in [4.78, 5) is 21.9. The van der Waals surface area contributed by atoms with Crippen LogP contribution in [0.25, 0.3) is 0 Å². The first-order valence-electron chi connectivity index (χ1n) is 5.41. The first-order valence-corrected chi connectivity index (χ1v) is 5.41. The molecule has 0 aliphatic carbocycles. The minimum absolute atomic E-state index is 0.105. The van der Waals surface area contributed by atoms with Gasteiger partial charge < -0.3 is 9.84 Å². The molecule has 19 heavy (non-hydrogen) atoms. The summed E-state index contributed by atoms with van der Waals surface area (Å²) in [5.41, 5.74) is 1.22. The van der Waals surface area contributed by atoms with Crippen LogP contribution in [0.15, 0.2) is 30.5 Å². The van der Waals surface area contributed by atoms with Crippen molar-refractivity contribution in [2.75, 3.05) is 7.11 Å². The largest absolute Gasteiger partial charge is 0.476 e. The van der Waals surface area contributed by atoms with E-state index < -0.39 is 11.9 Å². The Bertz CT molecular complexity index is 604. The van der Waals surface area contributed by atoms with Crippen molar-refractivity contribution in [1.29, 1.82) is 0 Å². The van der Waals surface area contributed by atoms with Gasteiger partial charge >= 0.3 is 11.9 Å². The second-order valence-corrected chi connectivity index (χ2v) is 3.80. The number of esters is 1. The lowest BCUT2D eigenvalue weighted by Crippen LogP contribution is -2.03. The van der Waals surface area contributed by atoms with Gasteiger partial charge in [-0.05, 0) is 17.7 Å². The SMILES string of the molecule is COC(=O)c1ccc(Cn2cc(C(=O)O)nn2)cc1. The Morgan fingerprint density at radius 3 is 2.53 bits per heavy atom. The third-order valence-corrected chi connectivity index (χ3v) is 2.48. The number of ether oxygens (including phenoxy) is 1. The number of rotatable bonds is 4. The van der Waals surface area contributed by atoms with Gasteiger partial charge in [-0.15, -0.1) is 5.10 Å². The Morgan fingerprint density at radius 1 is 1.32 bits per heavy atom. The van der Waals surface area contributed by atoms with Crippen LogP contribution in [0.5, 0.6) is 0 Å². The highest BCUT2D eigenvalue weighted by atomic mass is 16.5. The molecule has 98 valence electrons. The second kappa shape index (κ2) is 5.30. The summed E-state index contributed by atoms with van der Waals surface area (Å²) in [5.74, 6) is -1.52. The van der Waals surface area contributed by atoms with Crippen LogP contribution >= 0.6 is 0 Å². The molecule has 0 saturated carbocycles. The smallest absolute Gasteiger partial charge is 0.358 e. The summed E-state index contributed by atoms with van der Waals surface area (Å²) in [6, 6.07) is 6.76. The zero-order valence-electron chi connectivity index (χ0n) is 10.1. The van der Waals surface area contributed by atoms with Crippen molar-refractivity contribution in [1.82, 2.24) is 15.0 Å². The first kappa shape index (κ1) is 12.7. The summed E-state index contributed by atoms with van der Waals surface area (Å²) in [6.07, 6.45) is 1.34. The number of carboxylic acid groups (broad SMARTS) is 1. The number of carboxylic acids is 1. The molecule has 0 radical (unpaired) electrons. The molecule has 7 heteroatoms. The average molecular weight is 261 g/mol. The number of aromatic carboxylic acids is 1. The van der Waals surface area contributed by atoms with E-state index in [9.17, 15) is 9.59 Å². The van der Waals surface area contributed by atoms with Gasteiger partial charge in [0.05, 0.1) is 25.4 Å². The number of carbonyl (C=O) groups is 2. The monoisotopic (exact) mass is 261 g/mol. The van der Waals surface area contributed by atoms with Crippen LogP contribution < -0.4 is 0 Å². The van der Waals surface area contributed by atoms with E-state index >= 15 is 0 Å². The summed E-state index contributed by atoms with van der Waals surface area (Å²) in [7, 11) is 1.32. The van der Waals surface area contributed by atoms with Crippen molar-refractivity contribution >= 4 is 11.9 Å². The molecule has 1 heterocycles. The fourth-order valence-electron chi connectivity index (χ4n) is 1.52. The fourth-order valence-corrected chi connectivity index (χ4v) is 1.52. The highest BCUT2D eigenvalue weighted by molar-refractivity contribution is 5.89. The molecular formula is C12H11N3O4. The Kier molecular flexibility index (Phi) is 3.56. The van der Waals surface area contributed by atoms with Crippen LogP contribution in [0.1, 0.15) is 26.4 Å². The van der Waals surface area contributed by atoms with E-state index in [0.717, 1.165) is 5.56 Å². The van der Waals surface area contributed by atoms with Crippen molar-refractivity contribution in [3.63, 3.8) is 0 Å². The zero-order chi connectivity index (χ0) is 13.8. The molecule has 0 aliphatic rings. The maximum Gasteiger partial charge on any atom is 0.358 e. The van der Waals surface area contributed by atoms with Crippen molar-refractivity contribution in [2.45, 2.75) is 6.54 Å². The van der Waals surface area contributed by atoms with Gasteiger partial charge in [-0.25, -0.2) is 14.3 Å². The van der Waals surface area contributed by atoms with Gasteiger partial charge in [0.25, 0.3) is 0 Å². The summed E-state index contributed by atoms with van der Waals surface area (Å²) in [6.45, 7) is 0.377. The molecule has 0 aliphatic heterocycles. The van der Waals surface area contributed by atoms with Gasteiger partial charge in [-0.1, -0.05) is 17.3 Å². The van der Waals surface area contributed by atoms with Crippen LogP contribution in [0, 0.1) is 0 Å². The van der Waals surface area contributed by atoms with Crippen LogP contribution in [0.2, 0.25) is 0 Å². The van der Waals surface area contributed by atoms with E-state index in [2.05, 4.69) is 15.0 Å². The van der Waals surface area contributed by atoms with Gasteiger partial charge in [-0.2, -0.15) is 0 Å². The van der Waals surface area contributed by atoms with Crippen molar-refractivity contribution in [3.8, 4) is 0 Å². The molecule has 0 atom stereocenters. The number of carbonyl (C=O) groups excluding carboxylic acids is 1. The van der Waals surface area contributed by atoms with Gasteiger partial charge in [0.1, 0.15) is 0 Å². The molecule has 0 fully saturated rings. The molecule has 0 spiro atoms. The van der Waals surface area contributed by atoms with E-state index in [1.54, 1.807) is 24.3 Å². The maximum absolute atomic E-state index is 11.2. The first-order chi connectivity index (χ1) is 9.10. The van der Waals surface area contributed by atoms with E-state index in [-0.39, 0.29) is 5.69 Å². The fraction of sp³-hybridized carbons (Fsp3) is 0.167. The number of nitrogens with zero attached hydrogens (tertiary/aromatic N) is 3. The molecule has 1 N–H and O–H groups in total. The minimum atomic E-state index is -1.12. The minimum Gasteiger partial charge on any atom is -0.476 e. The van der Waals surface area contributed by atoms with Gasteiger partial charge in [0.15, 0.2) is 5.69 Å². The topological polar surface area (TPSA) is 94.3 Å². The van der Waals surface area contributed by atoms with Crippen molar-refractivity contribution < 1.29 is 19.4 Å². The number of methoxy groups -OCH3 is 1. The predicted molar refractivity (Wildman–Crippen MR) is 63.9 cm³/mol. The molecule has 0 amide bonds. The van der Waals surface area contributed by atoms with Gasteiger partial charge in [0, 0.05) is 0 Å². The molecule has 1 aromatic carbocycles. The maximum atomic E-state index is 11.2. The van der Waals surface area contributed by atoms with Crippen molar-refractivity contribution in [3.05, 3.63) is 47.3 Å². The number of aromatic nitrogens is 3. The predicted octanol–water partition coefficient (Wildman–Crippen LogP) is 0.811. The van der Waals surface area contributed by atoms with Crippen LogP contribution in [0.3, 0.4) is 0 Å². The Balaban J connectivity index is 2.10. The van der Waals surface area contributed by atoms with E-state index in [1.807, 2.05) is 0 Å². The third-order valence-electron chi connectivity index (χ3n) is 2.48. The third kappa shape index (κ3) is 2.95. The van der Waals surface area contributed by atoms with Crippen LogP contribution in [0.4, 0.5) is 0 Å². The molecule has 0 bridgehead atoms. The molecule has 0 saturated heterocycles. The average Bonchev–Trinajstić information content (AvgIpc) is 2.87. The Morgan fingerprint density at radius 2 is 2.00 bits per heavy atom. The summed E-state index contributed by atoms with van der Waals surface area (Å²) >= 11 is 0.